The highest BCUT2D eigenvalue weighted by Gasteiger charge is 2.22. The molecule has 0 radical (unpaired) electrons. The largest absolute Gasteiger partial charge is 0.494 e. The minimum Gasteiger partial charge on any atom is -0.494 e. The molecule has 192 valence electrons. The third-order valence-corrected chi connectivity index (χ3v) is 6.62. The van der Waals surface area contributed by atoms with E-state index in [1.54, 1.807) is 36.3 Å². The summed E-state index contributed by atoms with van der Waals surface area (Å²) in [6.07, 6.45) is 7.31. The van der Waals surface area contributed by atoms with Crippen LogP contribution < -0.4 is 10.1 Å². The molecule has 2 aromatic carbocycles. The molecule has 10 heteroatoms. The van der Waals surface area contributed by atoms with Crippen LogP contribution in [0.5, 0.6) is 5.75 Å². The average Bonchev–Trinajstić information content (AvgIpc) is 3.33. The molecule has 1 amide bonds. The molecule has 0 saturated carbocycles. The highest BCUT2D eigenvalue weighted by Crippen LogP contribution is 2.28. The molecule has 2 aromatic heterocycles. The number of halogens is 2. The van der Waals surface area contributed by atoms with Crippen LogP contribution in [0.2, 0.25) is 0 Å². The van der Waals surface area contributed by atoms with Crippen LogP contribution in [-0.4, -0.2) is 46.0 Å². The van der Waals surface area contributed by atoms with Gasteiger partial charge in [-0.3, -0.25) is 9.48 Å². The number of aryl methyl sites for hydroxylation is 1. The van der Waals surface area contributed by atoms with Crippen LogP contribution >= 0.6 is 0 Å². The Labute approximate surface area is 212 Å². The molecule has 1 saturated heterocycles. The Morgan fingerprint density at radius 2 is 1.97 bits per heavy atom. The topological polar surface area (TPSA) is 91.2 Å². The third-order valence-electron chi connectivity index (χ3n) is 6.62. The van der Waals surface area contributed by atoms with Crippen LogP contribution in [-0.2, 0) is 18.2 Å². The van der Waals surface area contributed by atoms with E-state index in [0.717, 1.165) is 18.9 Å². The number of nitrogens with zero attached hydrogens (tertiary/aromatic N) is 4. The van der Waals surface area contributed by atoms with Crippen LogP contribution in [0.4, 0.5) is 8.78 Å². The molecular weight excluding hydrogens is 480 g/mol. The molecule has 1 N–H and O–H groups in total. The van der Waals surface area contributed by atoms with Gasteiger partial charge in [0.15, 0.2) is 11.6 Å². The zero-order valence-corrected chi connectivity index (χ0v) is 20.6. The van der Waals surface area contributed by atoms with Gasteiger partial charge in [0.05, 0.1) is 30.3 Å². The zero-order chi connectivity index (χ0) is 25.9. The van der Waals surface area contributed by atoms with Crippen molar-refractivity contribution < 1.29 is 23.0 Å². The van der Waals surface area contributed by atoms with Crippen molar-refractivity contribution in [2.75, 3.05) is 20.3 Å². The van der Waals surface area contributed by atoms with Gasteiger partial charge in [-0.2, -0.15) is 5.10 Å². The van der Waals surface area contributed by atoms with Gasteiger partial charge in [0, 0.05) is 50.2 Å². The lowest BCUT2D eigenvalue weighted by atomic mass is 9.96. The Hall–Kier alpha value is -3.92. The van der Waals surface area contributed by atoms with E-state index in [2.05, 4.69) is 20.4 Å². The van der Waals surface area contributed by atoms with Gasteiger partial charge >= 0.3 is 0 Å². The maximum atomic E-state index is 15.0. The molecule has 0 bridgehead atoms. The first-order chi connectivity index (χ1) is 17.9. The molecule has 0 aliphatic carbocycles. The summed E-state index contributed by atoms with van der Waals surface area (Å²) in [5, 5.41) is 7.31. The van der Waals surface area contributed by atoms with Gasteiger partial charge < -0.3 is 14.8 Å². The molecule has 3 heterocycles. The van der Waals surface area contributed by atoms with E-state index >= 15 is 0 Å². The number of nitrogens with one attached hydrogen (secondary N) is 1. The number of carbonyl (C=O) groups is 1. The average molecular weight is 508 g/mol. The number of ether oxygens (including phenoxy) is 2. The number of amides is 1. The third kappa shape index (κ3) is 5.43. The van der Waals surface area contributed by atoms with Gasteiger partial charge in [-0.15, -0.1) is 0 Å². The number of benzene rings is 2. The maximum Gasteiger partial charge on any atom is 0.252 e. The fourth-order valence-electron chi connectivity index (χ4n) is 4.59. The molecular formula is C27H27F2N5O3. The standard InChI is InChI=1S/C27H27F2N5O3/c1-34-15-19(13-31-34)26(17-3-4-24(36-2)22(29)10-17)33-27(35)18-11-21(28)20-14-30-25(32-23(20)12-18)9-16-5-7-37-8-6-16/h3-4,10-16,26H,5-9H2,1-2H3,(H,33,35)/t26-/m0/s1. The fraction of sp³-hybridized carbons (Fsp3) is 0.333. The summed E-state index contributed by atoms with van der Waals surface area (Å²) < 4.78 is 41.5. The van der Waals surface area contributed by atoms with Crippen LogP contribution in [0.1, 0.15) is 46.2 Å². The first kappa shape index (κ1) is 24.8. The minimum absolute atomic E-state index is 0.0906. The summed E-state index contributed by atoms with van der Waals surface area (Å²) >= 11 is 0. The Balaban J connectivity index is 1.44. The molecule has 0 unspecified atom stereocenters. The predicted molar refractivity (Wildman–Crippen MR) is 132 cm³/mol. The summed E-state index contributed by atoms with van der Waals surface area (Å²) in [7, 11) is 3.12. The smallest absolute Gasteiger partial charge is 0.252 e. The van der Waals surface area contributed by atoms with E-state index < -0.39 is 23.6 Å². The molecule has 1 atom stereocenters. The fourth-order valence-corrected chi connectivity index (χ4v) is 4.59. The molecule has 4 aromatic rings. The first-order valence-corrected chi connectivity index (χ1v) is 12.1. The van der Waals surface area contributed by atoms with E-state index in [1.807, 2.05) is 0 Å². The number of methoxy groups -OCH3 is 1. The number of hydrogen-bond donors (Lipinski definition) is 1. The van der Waals surface area contributed by atoms with Gasteiger partial charge in [0.1, 0.15) is 11.6 Å². The quantitative estimate of drug-likeness (QED) is 0.404. The van der Waals surface area contributed by atoms with Gasteiger partial charge in [0.2, 0.25) is 0 Å². The van der Waals surface area contributed by atoms with Crippen molar-refractivity contribution in [3.8, 4) is 5.75 Å². The van der Waals surface area contributed by atoms with Crippen molar-refractivity contribution in [2.45, 2.75) is 25.3 Å². The summed E-state index contributed by atoms with van der Waals surface area (Å²) in [6.45, 7) is 1.43. The molecule has 5 rings (SSSR count). The van der Waals surface area contributed by atoms with Crippen molar-refractivity contribution in [2.24, 2.45) is 13.0 Å². The number of fused-ring (bicyclic) bond motifs is 1. The minimum atomic E-state index is -0.727. The van der Waals surface area contributed by atoms with Crippen molar-refractivity contribution in [1.29, 1.82) is 0 Å². The molecule has 1 aliphatic heterocycles. The summed E-state index contributed by atoms with van der Waals surface area (Å²) in [6, 6.07) is 6.44. The highest BCUT2D eigenvalue weighted by atomic mass is 19.1. The van der Waals surface area contributed by atoms with Crippen LogP contribution in [0.3, 0.4) is 0 Å². The second-order valence-corrected chi connectivity index (χ2v) is 9.18. The molecule has 0 spiro atoms. The van der Waals surface area contributed by atoms with E-state index in [4.69, 9.17) is 9.47 Å². The Morgan fingerprint density at radius 1 is 1.16 bits per heavy atom. The Kier molecular flexibility index (Phi) is 7.09. The molecule has 37 heavy (non-hydrogen) atoms. The molecule has 1 aliphatic rings. The van der Waals surface area contributed by atoms with Crippen LogP contribution in [0, 0.1) is 17.6 Å². The number of rotatable bonds is 7. The SMILES string of the molecule is COc1ccc([C@H](NC(=O)c2cc(F)c3cnc(CC4CCOCC4)nc3c2)c2cnn(C)c2)cc1F. The molecule has 8 nitrogen and oxygen atoms in total. The maximum absolute atomic E-state index is 15.0. The van der Waals surface area contributed by atoms with Crippen molar-refractivity contribution in [3.63, 3.8) is 0 Å². The Bertz CT molecular complexity index is 1440. The zero-order valence-electron chi connectivity index (χ0n) is 20.6. The van der Waals surface area contributed by atoms with Crippen molar-refractivity contribution in [1.82, 2.24) is 25.1 Å². The van der Waals surface area contributed by atoms with Crippen LogP contribution in [0.15, 0.2) is 48.9 Å². The number of aromatic nitrogens is 4. The predicted octanol–water partition coefficient (Wildman–Crippen LogP) is 4.14. The lowest BCUT2D eigenvalue weighted by molar-refractivity contribution is 0.0660. The lowest BCUT2D eigenvalue weighted by Gasteiger charge is -2.21. The molecule has 1 fully saturated rings. The van der Waals surface area contributed by atoms with Gasteiger partial charge in [-0.1, -0.05) is 6.07 Å². The number of carbonyl (C=O) groups excluding carboxylic acids is 1. The van der Waals surface area contributed by atoms with E-state index in [1.165, 1.54) is 25.4 Å². The van der Waals surface area contributed by atoms with E-state index in [-0.39, 0.29) is 16.7 Å². The van der Waals surface area contributed by atoms with E-state index in [9.17, 15) is 13.6 Å². The summed E-state index contributed by atoms with van der Waals surface area (Å²) in [5.41, 5.74) is 1.59. The second-order valence-electron chi connectivity index (χ2n) is 9.18. The second kappa shape index (κ2) is 10.6. The van der Waals surface area contributed by atoms with Gasteiger partial charge in [-0.05, 0) is 48.6 Å². The monoisotopic (exact) mass is 507 g/mol. The number of hydrogen-bond acceptors (Lipinski definition) is 6. The van der Waals surface area contributed by atoms with Crippen molar-refractivity contribution >= 4 is 16.8 Å². The normalized spacial score (nSPS) is 15.0. The Morgan fingerprint density at radius 3 is 2.68 bits per heavy atom. The highest BCUT2D eigenvalue weighted by molar-refractivity contribution is 5.98. The van der Waals surface area contributed by atoms with E-state index in [0.29, 0.717) is 48.0 Å². The van der Waals surface area contributed by atoms with Crippen molar-refractivity contribution in [3.05, 3.63) is 83.1 Å². The van der Waals surface area contributed by atoms with Crippen LogP contribution in [0.25, 0.3) is 10.9 Å². The first-order valence-electron chi connectivity index (χ1n) is 12.1. The summed E-state index contributed by atoms with van der Waals surface area (Å²) in [5.74, 6) is -0.573. The lowest BCUT2D eigenvalue weighted by Crippen LogP contribution is -2.29. The van der Waals surface area contributed by atoms with Gasteiger partial charge in [-0.25, -0.2) is 18.7 Å². The van der Waals surface area contributed by atoms with Gasteiger partial charge in [0.25, 0.3) is 5.91 Å². The summed E-state index contributed by atoms with van der Waals surface area (Å²) in [4.78, 5) is 22.2.